The molecule has 5 rings (SSSR count). The third-order valence-electron chi connectivity index (χ3n) is 6.00. The Hall–Kier alpha value is -1.50. The quantitative estimate of drug-likeness (QED) is 0.321. The summed E-state index contributed by atoms with van der Waals surface area (Å²) in [6, 6.07) is 7.82. The predicted molar refractivity (Wildman–Crippen MR) is 93.4 cm³/mol. The number of hydrogen-bond acceptors (Lipinski definition) is 3. The number of imide groups is 1. The van der Waals surface area contributed by atoms with Crippen LogP contribution in [0.4, 0.5) is 0 Å². The highest BCUT2D eigenvalue weighted by Crippen LogP contribution is 2.73. The van der Waals surface area contributed by atoms with E-state index in [2.05, 4.69) is 39.8 Å². The topological polar surface area (TPSA) is 49.7 Å². The van der Waals surface area contributed by atoms with Gasteiger partial charge in [-0.25, -0.2) is 0 Å². The van der Waals surface area contributed by atoms with E-state index in [9.17, 15) is 9.59 Å². The van der Waals surface area contributed by atoms with Gasteiger partial charge in [-0.05, 0) is 70.4 Å². The Kier molecular flexibility index (Phi) is 2.73. The third kappa shape index (κ3) is 1.74. The van der Waals surface area contributed by atoms with Crippen molar-refractivity contribution in [3.8, 4) is 0 Å². The average Bonchev–Trinajstić information content (AvgIpc) is 3.13. The molecule has 2 saturated carbocycles. The second kappa shape index (κ2) is 4.53. The van der Waals surface area contributed by atoms with Crippen molar-refractivity contribution in [3.63, 3.8) is 0 Å². The molecule has 4 atom stereocenters. The van der Waals surface area contributed by atoms with E-state index in [1.54, 1.807) is 6.21 Å². The van der Waals surface area contributed by atoms with Crippen molar-refractivity contribution in [1.29, 1.82) is 0 Å². The molecule has 1 aliphatic heterocycles. The Balaban J connectivity index is 1.44. The fourth-order valence-electron chi connectivity index (χ4n) is 4.89. The third-order valence-corrected chi connectivity index (χ3v) is 6.67. The summed E-state index contributed by atoms with van der Waals surface area (Å²) in [5.41, 5.74) is 1.14. The second-order valence-electron chi connectivity index (χ2n) is 7.01. The molecule has 1 aromatic rings. The number of hydrazone groups is 1. The Labute approximate surface area is 147 Å². The van der Waals surface area contributed by atoms with Crippen LogP contribution in [0.3, 0.4) is 0 Å². The van der Waals surface area contributed by atoms with Gasteiger partial charge in [0.15, 0.2) is 0 Å². The lowest BCUT2D eigenvalue weighted by Crippen LogP contribution is -2.30. The van der Waals surface area contributed by atoms with Crippen LogP contribution in [0, 0.1) is 32.7 Å². The molecule has 3 aliphatic carbocycles. The van der Waals surface area contributed by atoms with Gasteiger partial charge in [0.25, 0.3) is 11.8 Å². The number of allylic oxidation sites excluding steroid dienone is 2. The van der Waals surface area contributed by atoms with E-state index in [0.717, 1.165) is 27.0 Å². The molecule has 0 N–H and O–H groups in total. The van der Waals surface area contributed by atoms with E-state index in [0.29, 0.717) is 0 Å². The van der Waals surface area contributed by atoms with Gasteiger partial charge in [-0.2, -0.15) is 10.1 Å². The van der Waals surface area contributed by atoms with E-state index >= 15 is 0 Å². The maximum atomic E-state index is 12.7. The van der Waals surface area contributed by atoms with Crippen molar-refractivity contribution in [2.24, 2.45) is 34.2 Å². The minimum Gasteiger partial charge on any atom is -0.272 e. The average molecular weight is 418 g/mol. The number of benzene rings is 1. The summed E-state index contributed by atoms with van der Waals surface area (Å²) in [4.78, 5) is 25.5. The molecule has 1 heterocycles. The van der Waals surface area contributed by atoms with Crippen molar-refractivity contribution >= 4 is 40.6 Å². The number of fused-ring (bicyclic) bond motifs is 3. The Morgan fingerprint density at radius 3 is 2.35 bits per heavy atom. The van der Waals surface area contributed by atoms with E-state index in [1.165, 1.54) is 0 Å². The van der Waals surface area contributed by atoms with Crippen molar-refractivity contribution in [2.45, 2.75) is 12.8 Å². The number of halogens is 1. The number of nitrogens with zero attached hydrogens (tertiary/aromatic N) is 2. The van der Waals surface area contributed by atoms with Crippen molar-refractivity contribution in [1.82, 2.24) is 5.01 Å². The standard InChI is InChI=1S/C18H15IN2O2/c19-11-3-1-2-10(8-11)9-20-21-16(22)14-12-4-5-13(15(14)17(21)23)18(12)6-7-18/h1-5,8-9,12-15H,6-7H2/b20-9-/t12-,13-,14-,15-/m1/s1. The lowest BCUT2D eigenvalue weighted by Gasteiger charge is -2.18. The molecule has 1 spiro atoms. The van der Waals surface area contributed by atoms with Crippen LogP contribution in [0.5, 0.6) is 0 Å². The monoisotopic (exact) mass is 418 g/mol. The number of amides is 2. The zero-order valence-electron chi connectivity index (χ0n) is 12.4. The van der Waals surface area contributed by atoms with Gasteiger partial charge in [-0.3, -0.25) is 9.59 Å². The molecule has 5 heteroatoms. The normalized spacial score (nSPS) is 35.8. The molecule has 23 heavy (non-hydrogen) atoms. The van der Waals surface area contributed by atoms with E-state index < -0.39 is 0 Å². The van der Waals surface area contributed by atoms with Gasteiger partial charge in [0.05, 0.1) is 18.1 Å². The molecule has 1 saturated heterocycles. The molecule has 1 aromatic carbocycles. The molecule has 116 valence electrons. The number of carbonyl (C=O) groups excluding carboxylic acids is 2. The molecule has 3 fully saturated rings. The van der Waals surface area contributed by atoms with Gasteiger partial charge in [-0.1, -0.05) is 24.3 Å². The van der Waals surface area contributed by atoms with Crippen LogP contribution < -0.4 is 0 Å². The van der Waals surface area contributed by atoms with Gasteiger partial charge >= 0.3 is 0 Å². The first-order chi connectivity index (χ1) is 11.1. The predicted octanol–water partition coefficient (Wildman–Crippen LogP) is 2.82. The van der Waals surface area contributed by atoms with E-state index in [4.69, 9.17) is 0 Å². The van der Waals surface area contributed by atoms with Gasteiger partial charge in [0, 0.05) is 3.57 Å². The van der Waals surface area contributed by atoms with Crippen LogP contribution in [-0.4, -0.2) is 23.0 Å². The minimum atomic E-state index is -0.173. The lowest BCUT2D eigenvalue weighted by atomic mass is 9.85. The van der Waals surface area contributed by atoms with Gasteiger partial charge in [-0.15, -0.1) is 0 Å². The Morgan fingerprint density at radius 2 is 1.78 bits per heavy atom. The highest BCUT2D eigenvalue weighted by molar-refractivity contribution is 14.1. The molecule has 0 aromatic heterocycles. The zero-order chi connectivity index (χ0) is 15.8. The first kappa shape index (κ1) is 13.9. The van der Waals surface area contributed by atoms with Crippen LogP contribution >= 0.6 is 22.6 Å². The van der Waals surface area contributed by atoms with Crippen molar-refractivity contribution in [2.75, 3.05) is 0 Å². The minimum absolute atomic E-state index is 0.106. The van der Waals surface area contributed by atoms with Crippen LogP contribution in [0.25, 0.3) is 0 Å². The van der Waals surface area contributed by atoms with Crippen molar-refractivity contribution < 1.29 is 9.59 Å². The summed E-state index contributed by atoms with van der Waals surface area (Å²) in [7, 11) is 0. The van der Waals surface area contributed by atoms with Crippen molar-refractivity contribution in [3.05, 3.63) is 45.6 Å². The number of hydrogen-bond donors (Lipinski definition) is 0. The second-order valence-corrected chi connectivity index (χ2v) is 8.25. The fourth-order valence-corrected chi connectivity index (χ4v) is 5.46. The number of rotatable bonds is 2. The Bertz CT molecular complexity index is 762. The summed E-state index contributed by atoms with van der Waals surface area (Å²) in [6.45, 7) is 0. The van der Waals surface area contributed by atoms with Gasteiger partial charge in [0.2, 0.25) is 0 Å². The highest BCUT2D eigenvalue weighted by atomic mass is 127. The summed E-state index contributed by atoms with van der Waals surface area (Å²) in [5, 5.41) is 5.34. The summed E-state index contributed by atoms with van der Waals surface area (Å²) >= 11 is 2.23. The van der Waals surface area contributed by atoms with Crippen LogP contribution in [0.1, 0.15) is 18.4 Å². The highest BCUT2D eigenvalue weighted by Gasteiger charge is 2.73. The van der Waals surface area contributed by atoms with Gasteiger partial charge in [0.1, 0.15) is 0 Å². The van der Waals surface area contributed by atoms with Crippen LogP contribution in [-0.2, 0) is 9.59 Å². The summed E-state index contributed by atoms with van der Waals surface area (Å²) < 4.78 is 1.10. The Morgan fingerprint density at radius 1 is 1.13 bits per heavy atom. The molecule has 4 nitrogen and oxygen atoms in total. The summed E-state index contributed by atoms with van der Waals surface area (Å²) in [6.07, 6.45) is 8.29. The van der Waals surface area contributed by atoms with Gasteiger partial charge < -0.3 is 0 Å². The smallest absolute Gasteiger partial charge is 0.254 e. The molecular formula is C18H15IN2O2. The first-order valence-electron chi connectivity index (χ1n) is 7.97. The molecule has 0 radical (unpaired) electrons. The lowest BCUT2D eigenvalue weighted by molar-refractivity contribution is -0.141. The van der Waals surface area contributed by atoms with E-state index in [-0.39, 0.29) is 40.9 Å². The number of carbonyl (C=O) groups is 2. The molecular weight excluding hydrogens is 403 g/mol. The molecule has 2 amide bonds. The molecule has 4 aliphatic rings. The maximum absolute atomic E-state index is 12.7. The first-order valence-corrected chi connectivity index (χ1v) is 9.05. The molecule has 2 bridgehead atoms. The summed E-state index contributed by atoms with van der Waals surface area (Å²) in [5.74, 6) is -0.0465. The van der Waals surface area contributed by atoms with E-state index in [1.807, 2.05) is 24.3 Å². The fraction of sp³-hybridized carbons (Fsp3) is 0.389. The zero-order valence-corrected chi connectivity index (χ0v) is 14.5. The SMILES string of the molecule is O=C1[C@H]2[C@H](C(=O)N1/N=C\c1cccc(I)c1)[C@H]1C=C[C@H]2C12CC2. The maximum Gasteiger partial charge on any atom is 0.254 e. The largest absolute Gasteiger partial charge is 0.272 e. The van der Waals surface area contributed by atoms with Crippen LogP contribution in [0.2, 0.25) is 0 Å². The molecule has 0 unspecified atom stereocenters. The van der Waals surface area contributed by atoms with Crippen LogP contribution in [0.15, 0.2) is 41.5 Å².